The quantitative estimate of drug-likeness (QED) is 0.490. The van der Waals surface area contributed by atoms with Gasteiger partial charge < -0.3 is 19.1 Å². The maximum Gasteiger partial charge on any atom is 0.168 e. The van der Waals surface area contributed by atoms with Gasteiger partial charge in [-0.05, 0) is 12.3 Å². The number of carbonyl (C=O) groups is 2. The van der Waals surface area contributed by atoms with Crippen LogP contribution in [0.5, 0.6) is 0 Å². The molecule has 14 heavy (non-hydrogen) atoms. The lowest BCUT2D eigenvalue weighted by atomic mass is 9.93. The highest BCUT2D eigenvalue weighted by Crippen LogP contribution is 2.42. The van der Waals surface area contributed by atoms with Crippen LogP contribution >= 0.6 is 0 Å². The molecule has 1 saturated carbocycles. The van der Waals surface area contributed by atoms with E-state index in [0.29, 0.717) is 19.6 Å². The molecule has 0 N–H and O–H groups in total. The highest BCUT2D eigenvalue weighted by atomic mass is 16.7. The van der Waals surface area contributed by atoms with E-state index in [1.807, 2.05) is 0 Å². The smallest absolute Gasteiger partial charge is 0.168 e. The molecule has 0 aromatic rings. The maximum atomic E-state index is 10.6. The minimum atomic E-state index is -0.484. The van der Waals surface area contributed by atoms with Crippen molar-refractivity contribution in [3.8, 4) is 0 Å². The van der Waals surface area contributed by atoms with Crippen LogP contribution < -0.4 is 0 Å². The zero-order valence-corrected chi connectivity index (χ0v) is 7.98. The molecule has 0 aromatic carbocycles. The summed E-state index contributed by atoms with van der Waals surface area (Å²) in [7, 11) is 0. The molecule has 0 aromatic heterocycles. The lowest BCUT2D eigenvalue weighted by Crippen LogP contribution is -2.27. The fourth-order valence-electron chi connectivity index (χ4n) is 2.35. The van der Waals surface area contributed by atoms with Crippen molar-refractivity contribution in [2.45, 2.75) is 25.0 Å². The van der Waals surface area contributed by atoms with E-state index in [-0.39, 0.29) is 5.92 Å². The summed E-state index contributed by atoms with van der Waals surface area (Å²) in [6.07, 6.45) is 3.77. The summed E-state index contributed by atoms with van der Waals surface area (Å²) in [6, 6.07) is 0. The van der Waals surface area contributed by atoms with Gasteiger partial charge in [-0.3, -0.25) is 0 Å². The third-order valence-corrected chi connectivity index (χ3v) is 3.14. The predicted molar refractivity (Wildman–Crippen MR) is 47.6 cm³/mol. The average molecular weight is 198 g/mol. The molecule has 1 aliphatic carbocycles. The topological polar surface area (TPSA) is 52.6 Å². The Kier molecular flexibility index (Phi) is 2.65. The predicted octanol–water partition coefficient (Wildman–Crippen LogP) is 0.544. The Labute approximate surface area is 82.6 Å². The van der Waals surface area contributed by atoms with E-state index in [9.17, 15) is 9.59 Å². The molecule has 2 aliphatic rings. The van der Waals surface area contributed by atoms with Crippen molar-refractivity contribution >= 4 is 12.6 Å². The summed E-state index contributed by atoms with van der Waals surface area (Å²) in [5.41, 5.74) is 0. The Balaban J connectivity index is 1.99. The van der Waals surface area contributed by atoms with Crippen LogP contribution in [-0.4, -0.2) is 31.6 Å². The minimum Gasteiger partial charge on any atom is -0.348 e. The second-order valence-corrected chi connectivity index (χ2v) is 3.96. The highest BCUT2D eigenvalue weighted by Gasteiger charge is 2.46. The van der Waals surface area contributed by atoms with Crippen LogP contribution in [0, 0.1) is 11.8 Å². The van der Waals surface area contributed by atoms with E-state index in [4.69, 9.17) is 9.47 Å². The largest absolute Gasteiger partial charge is 0.348 e. The van der Waals surface area contributed by atoms with Gasteiger partial charge in [0.05, 0.1) is 19.1 Å². The van der Waals surface area contributed by atoms with E-state index in [2.05, 4.69) is 0 Å². The molecule has 1 saturated heterocycles. The van der Waals surface area contributed by atoms with Gasteiger partial charge >= 0.3 is 0 Å². The van der Waals surface area contributed by atoms with Crippen LogP contribution in [0.3, 0.4) is 0 Å². The third kappa shape index (κ3) is 1.60. The highest BCUT2D eigenvalue weighted by molar-refractivity contribution is 5.77. The molecule has 1 aliphatic heterocycles. The van der Waals surface area contributed by atoms with Gasteiger partial charge in [-0.1, -0.05) is 0 Å². The fraction of sp³-hybridized carbons (Fsp3) is 0.800. The zero-order chi connectivity index (χ0) is 10.0. The van der Waals surface area contributed by atoms with Crippen molar-refractivity contribution in [1.29, 1.82) is 0 Å². The number of ether oxygens (including phenoxy) is 2. The number of hydrogen-bond acceptors (Lipinski definition) is 4. The summed E-state index contributed by atoms with van der Waals surface area (Å²) in [4.78, 5) is 21.2. The minimum absolute atomic E-state index is 0.100. The van der Waals surface area contributed by atoms with E-state index < -0.39 is 11.7 Å². The van der Waals surface area contributed by atoms with Gasteiger partial charge in [-0.15, -0.1) is 0 Å². The first-order chi connectivity index (χ1) is 6.79. The summed E-state index contributed by atoms with van der Waals surface area (Å²) in [5, 5.41) is 0. The molecule has 1 unspecified atom stereocenters. The Bertz CT molecular complexity index is 224. The maximum absolute atomic E-state index is 10.6. The van der Waals surface area contributed by atoms with Gasteiger partial charge in [-0.2, -0.15) is 0 Å². The van der Waals surface area contributed by atoms with Gasteiger partial charge in [0.2, 0.25) is 0 Å². The molecule has 0 bridgehead atoms. The molecule has 2 fully saturated rings. The van der Waals surface area contributed by atoms with Crippen LogP contribution in [0.2, 0.25) is 0 Å². The monoisotopic (exact) mass is 198 g/mol. The number of carbonyl (C=O) groups excluding carboxylic acids is 2. The van der Waals surface area contributed by atoms with Crippen LogP contribution in [0.4, 0.5) is 0 Å². The third-order valence-electron chi connectivity index (χ3n) is 3.14. The second-order valence-electron chi connectivity index (χ2n) is 3.96. The first-order valence-corrected chi connectivity index (χ1v) is 4.98. The number of rotatable bonds is 3. The molecular formula is C10H14O4. The Morgan fingerprint density at radius 1 is 1.21 bits per heavy atom. The first kappa shape index (κ1) is 9.80. The Morgan fingerprint density at radius 2 is 1.86 bits per heavy atom. The van der Waals surface area contributed by atoms with E-state index >= 15 is 0 Å². The second kappa shape index (κ2) is 3.79. The molecule has 78 valence electrons. The van der Waals surface area contributed by atoms with Crippen LogP contribution in [0.25, 0.3) is 0 Å². The summed E-state index contributed by atoms with van der Waals surface area (Å²) >= 11 is 0. The molecule has 2 rings (SSSR count). The molecular weight excluding hydrogens is 184 g/mol. The standard InChI is InChI=1S/C10H14O4/c11-6-9(7-12)8-1-2-10(5-8)13-3-4-14-10/h6-9H,1-5H2. The fourth-order valence-corrected chi connectivity index (χ4v) is 2.35. The van der Waals surface area contributed by atoms with Crippen molar-refractivity contribution in [3.63, 3.8) is 0 Å². The van der Waals surface area contributed by atoms with Crippen LogP contribution in [-0.2, 0) is 19.1 Å². The normalized spacial score (nSPS) is 29.9. The Morgan fingerprint density at radius 3 is 2.43 bits per heavy atom. The van der Waals surface area contributed by atoms with Gasteiger partial charge in [0, 0.05) is 12.8 Å². The molecule has 1 spiro atoms. The number of aldehydes is 2. The van der Waals surface area contributed by atoms with Crippen LogP contribution in [0.15, 0.2) is 0 Å². The summed E-state index contributed by atoms with van der Waals surface area (Å²) in [6.45, 7) is 1.25. The summed E-state index contributed by atoms with van der Waals surface area (Å²) in [5.74, 6) is -0.861. The molecule has 0 amide bonds. The molecule has 1 atom stereocenters. The Hall–Kier alpha value is -0.740. The van der Waals surface area contributed by atoms with Crippen LogP contribution in [0.1, 0.15) is 19.3 Å². The van der Waals surface area contributed by atoms with E-state index in [0.717, 1.165) is 25.4 Å². The zero-order valence-electron chi connectivity index (χ0n) is 7.98. The van der Waals surface area contributed by atoms with Gasteiger partial charge in [0.25, 0.3) is 0 Å². The molecule has 0 radical (unpaired) electrons. The van der Waals surface area contributed by atoms with Crippen molar-refractivity contribution < 1.29 is 19.1 Å². The van der Waals surface area contributed by atoms with Crippen molar-refractivity contribution in [1.82, 2.24) is 0 Å². The lowest BCUT2D eigenvalue weighted by molar-refractivity contribution is -0.154. The van der Waals surface area contributed by atoms with Crippen molar-refractivity contribution in [2.24, 2.45) is 11.8 Å². The van der Waals surface area contributed by atoms with E-state index in [1.54, 1.807) is 0 Å². The lowest BCUT2D eigenvalue weighted by Gasteiger charge is -2.21. The molecule has 4 heteroatoms. The first-order valence-electron chi connectivity index (χ1n) is 4.98. The average Bonchev–Trinajstić information content (AvgIpc) is 2.81. The van der Waals surface area contributed by atoms with Crippen molar-refractivity contribution in [2.75, 3.05) is 13.2 Å². The van der Waals surface area contributed by atoms with Gasteiger partial charge in [0.15, 0.2) is 5.79 Å². The number of hydrogen-bond donors (Lipinski definition) is 0. The molecule has 1 heterocycles. The SMILES string of the molecule is O=CC(C=O)C1CCC2(C1)OCCO2. The molecule has 4 nitrogen and oxygen atoms in total. The van der Waals surface area contributed by atoms with Crippen molar-refractivity contribution in [3.05, 3.63) is 0 Å². The van der Waals surface area contributed by atoms with Gasteiger partial charge in [-0.25, -0.2) is 0 Å². The van der Waals surface area contributed by atoms with E-state index in [1.165, 1.54) is 0 Å². The summed E-state index contributed by atoms with van der Waals surface area (Å²) < 4.78 is 11.0. The van der Waals surface area contributed by atoms with Gasteiger partial charge in [0.1, 0.15) is 12.6 Å².